The van der Waals surface area contributed by atoms with Crippen molar-refractivity contribution in [3.63, 3.8) is 0 Å². The van der Waals surface area contributed by atoms with Crippen molar-refractivity contribution >= 4 is 23.1 Å². The summed E-state index contributed by atoms with van der Waals surface area (Å²) in [5.41, 5.74) is 2.11. The number of rotatable bonds is 7. The third-order valence-electron chi connectivity index (χ3n) is 4.03. The summed E-state index contributed by atoms with van der Waals surface area (Å²) in [6, 6.07) is 8.14. The van der Waals surface area contributed by atoms with Gasteiger partial charge in [-0.3, -0.25) is 4.90 Å². The third-order valence-corrected chi connectivity index (χ3v) is 4.03. The Balaban J connectivity index is 1.52. The molecule has 1 fully saturated rings. The van der Waals surface area contributed by atoms with Crippen molar-refractivity contribution in [1.29, 1.82) is 0 Å². The number of hydrogen-bond donors (Lipinski definition) is 2. The molecule has 1 aromatic heterocycles. The van der Waals surface area contributed by atoms with Gasteiger partial charge in [-0.1, -0.05) is 0 Å². The minimum atomic E-state index is 0.531. The predicted molar refractivity (Wildman–Crippen MR) is 99.6 cm³/mol. The van der Waals surface area contributed by atoms with Gasteiger partial charge in [0.05, 0.1) is 19.4 Å². The molecule has 0 saturated carbocycles. The zero-order valence-corrected chi connectivity index (χ0v) is 14.8. The highest BCUT2D eigenvalue weighted by molar-refractivity contribution is 5.60. The van der Waals surface area contributed by atoms with E-state index in [0.717, 1.165) is 50.8 Å². The zero-order chi connectivity index (χ0) is 17.5. The fourth-order valence-electron chi connectivity index (χ4n) is 2.58. The molecule has 25 heavy (non-hydrogen) atoms. The number of benzene rings is 1. The first-order chi connectivity index (χ1) is 12.2. The summed E-state index contributed by atoms with van der Waals surface area (Å²) in [6.45, 7) is 5.30. The summed E-state index contributed by atoms with van der Waals surface area (Å²) < 4.78 is 5.35. The summed E-state index contributed by atoms with van der Waals surface area (Å²) in [5, 5.41) is 14.5. The Hall–Kier alpha value is -2.45. The number of morpholine rings is 1. The molecule has 2 heterocycles. The van der Waals surface area contributed by atoms with Crippen LogP contribution in [0.4, 0.5) is 23.1 Å². The van der Waals surface area contributed by atoms with Gasteiger partial charge in [0.2, 0.25) is 5.95 Å². The lowest BCUT2D eigenvalue weighted by molar-refractivity contribution is 0.0398. The van der Waals surface area contributed by atoms with Crippen molar-refractivity contribution in [2.45, 2.75) is 0 Å². The van der Waals surface area contributed by atoms with Gasteiger partial charge in [0.1, 0.15) is 0 Å². The lowest BCUT2D eigenvalue weighted by atomic mass is 10.2. The second-order valence-corrected chi connectivity index (χ2v) is 6.11. The van der Waals surface area contributed by atoms with Crippen molar-refractivity contribution < 1.29 is 4.74 Å². The van der Waals surface area contributed by atoms with Gasteiger partial charge >= 0.3 is 0 Å². The van der Waals surface area contributed by atoms with E-state index in [-0.39, 0.29) is 0 Å². The largest absolute Gasteiger partial charge is 0.379 e. The molecular weight excluding hydrogens is 318 g/mol. The lowest BCUT2D eigenvalue weighted by Gasteiger charge is -2.26. The Morgan fingerprint density at radius 1 is 1.16 bits per heavy atom. The number of aromatic nitrogens is 3. The van der Waals surface area contributed by atoms with Crippen LogP contribution in [0.15, 0.2) is 30.5 Å². The van der Waals surface area contributed by atoms with Crippen LogP contribution in [-0.4, -0.2) is 73.6 Å². The molecule has 0 amide bonds. The van der Waals surface area contributed by atoms with Gasteiger partial charge in [-0.05, 0) is 24.3 Å². The minimum Gasteiger partial charge on any atom is -0.379 e. The van der Waals surface area contributed by atoms with Crippen LogP contribution < -0.4 is 15.5 Å². The van der Waals surface area contributed by atoms with E-state index in [9.17, 15) is 0 Å². The zero-order valence-electron chi connectivity index (χ0n) is 14.8. The summed E-state index contributed by atoms with van der Waals surface area (Å²) in [6.07, 6.45) is 1.62. The van der Waals surface area contributed by atoms with Crippen molar-refractivity contribution in [2.75, 3.05) is 69.0 Å². The molecule has 1 aliphatic heterocycles. The molecule has 1 aromatic carbocycles. The van der Waals surface area contributed by atoms with E-state index >= 15 is 0 Å². The fraction of sp³-hybridized carbons (Fsp3) is 0.471. The molecular formula is C17H25N7O. The van der Waals surface area contributed by atoms with Gasteiger partial charge in [-0.2, -0.15) is 10.1 Å². The van der Waals surface area contributed by atoms with Crippen LogP contribution in [0.2, 0.25) is 0 Å². The topological polar surface area (TPSA) is 78.4 Å². The van der Waals surface area contributed by atoms with E-state index in [4.69, 9.17) is 4.74 Å². The summed E-state index contributed by atoms with van der Waals surface area (Å²) in [7, 11) is 4.04. The second kappa shape index (κ2) is 8.59. The number of hydrogen-bond acceptors (Lipinski definition) is 8. The quantitative estimate of drug-likeness (QED) is 0.782. The Morgan fingerprint density at radius 2 is 1.92 bits per heavy atom. The molecule has 0 atom stereocenters. The molecule has 1 saturated heterocycles. The highest BCUT2D eigenvalue weighted by Crippen LogP contribution is 2.18. The second-order valence-electron chi connectivity index (χ2n) is 6.11. The molecule has 0 bridgehead atoms. The summed E-state index contributed by atoms with van der Waals surface area (Å²) in [4.78, 5) is 8.88. The van der Waals surface area contributed by atoms with Crippen molar-refractivity contribution in [2.24, 2.45) is 0 Å². The molecule has 1 aliphatic rings. The van der Waals surface area contributed by atoms with Crippen LogP contribution in [-0.2, 0) is 4.74 Å². The molecule has 0 spiro atoms. The molecule has 2 aromatic rings. The molecule has 8 nitrogen and oxygen atoms in total. The standard InChI is InChI=1S/C17H25N7O/c1-23(2)15-5-3-14(4-6-15)20-16-13-19-22-17(21-16)18-7-8-24-9-11-25-12-10-24/h3-6,13H,7-12H2,1-2H3,(H2,18,20,21,22). The number of ether oxygens (including phenoxy) is 1. The molecule has 2 N–H and O–H groups in total. The van der Waals surface area contributed by atoms with Gasteiger partial charge in [0.25, 0.3) is 0 Å². The van der Waals surface area contributed by atoms with Gasteiger partial charge in [0.15, 0.2) is 5.82 Å². The van der Waals surface area contributed by atoms with E-state index in [1.165, 1.54) is 0 Å². The molecule has 134 valence electrons. The number of nitrogens with zero attached hydrogens (tertiary/aromatic N) is 5. The molecule has 0 aliphatic carbocycles. The van der Waals surface area contributed by atoms with E-state index in [2.05, 4.69) is 47.7 Å². The van der Waals surface area contributed by atoms with Gasteiger partial charge < -0.3 is 20.3 Å². The molecule has 8 heteroatoms. The lowest BCUT2D eigenvalue weighted by Crippen LogP contribution is -2.39. The van der Waals surface area contributed by atoms with Crippen LogP contribution in [0.25, 0.3) is 0 Å². The van der Waals surface area contributed by atoms with Crippen LogP contribution in [0, 0.1) is 0 Å². The molecule has 0 radical (unpaired) electrons. The Labute approximate surface area is 148 Å². The average molecular weight is 343 g/mol. The van der Waals surface area contributed by atoms with Crippen molar-refractivity contribution in [3.8, 4) is 0 Å². The maximum absolute atomic E-state index is 5.35. The van der Waals surface area contributed by atoms with Crippen molar-refractivity contribution in [3.05, 3.63) is 30.5 Å². The van der Waals surface area contributed by atoms with E-state index in [0.29, 0.717) is 11.8 Å². The van der Waals surface area contributed by atoms with E-state index < -0.39 is 0 Å². The first-order valence-corrected chi connectivity index (χ1v) is 8.49. The first kappa shape index (κ1) is 17.4. The Bertz CT molecular complexity index is 656. The van der Waals surface area contributed by atoms with Gasteiger partial charge in [0, 0.05) is 51.6 Å². The van der Waals surface area contributed by atoms with Gasteiger partial charge in [-0.15, -0.1) is 5.10 Å². The van der Waals surface area contributed by atoms with Crippen LogP contribution in [0.3, 0.4) is 0 Å². The smallest absolute Gasteiger partial charge is 0.244 e. The van der Waals surface area contributed by atoms with Crippen molar-refractivity contribution in [1.82, 2.24) is 20.1 Å². The first-order valence-electron chi connectivity index (χ1n) is 8.49. The highest BCUT2D eigenvalue weighted by Gasteiger charge is 2.09. The summed E-state index contributed by atoms with van der Waals surface area (Å²) >= 11 is 0. The Kier molecular flexibility index (Phi) is 5.97. The minimum absolute atomic E-state index is 0.531. The predicted octanol–water partition coefficient (Wildman–Crippen LogP) is 1.43. The Morgan fingerprint density at radius 3 is 2.64 bits per heavy atom. The highest BCUT2D eigenvalue weighted by atomic mass is 16.5. The van der Waals surface area contributed by atoms with E-state index in [1.54, 1.807) is 6.20 Å². The average Bonchev–Trinajstić information content (AvgIpc) is 2.63. The maximum Gasteiger partial charge on any atom is 0.244 e. The van der Waals surface area contributed by atoms with Crippen LogP contribution in [0.5, 0.6) is 0 Å². The SMILES string of the molecule is CN(C)c1ccc(Nc2cnnc(NCCN3CCOCC3)n2)cc1. The number of anilines is 4. The third kappa shape index (κ3) is 5.27. The van der Waals surface area contributed by atoms with Crippen LogP contribution in [0.1, 0.15) is 0 Å². The normalized spacial score (nSPS) is 15.0. The number of nitrogens with one attached hydrogen (secondary N) is 2. The van der Waals surface area contributed by atoms with Gasteiger partial charge in [-0.25, -0.2) is 0 Å². The monoisotopic (exact) mass is 343 g/mol. The summed E-state index contributed by atoms with van der Waals surface area (Å²) in [5.74, 6) is 1.20. The molecule has 3 rings (SSSR count). The fourth-order valence-corrected chi connectivity index (χ4v) is 2.58. The maximum atomic E-state index is 5.35. The molecule has 0 unspecified atom stereocenters. The van der Waals surface area contributed by atoms with Crippen LogP contribution >= 0.6 is 0 Å². The van der Waals surface area contributed by atoms with E-state index in [1.807, 2.05) is 26.2 Å².